The molecule has 1 nitrogen and oxygen atoms in total. The molecule has 1 N–H and O–H groups in total. The van der Waals surface area contributed by atoms with Gasteiger partial charge in [0.1, 0.15) is 0 Å². The molecule has 10 heavy (non-hydrogen) atoms. The molecule has 3 aliphatic carbocycles. The molecule has 0 aromatic carbocycles. The van der Waals surface area contributed by atoms with Gasteiger partial charge in [0.15, 0.2) is 0 Å². The van der Waals surface area contributed by atoms with E-state index in [1.807, 2.05) is 0 Å². The first kappa shape index (κ1) is 5.59. The number of aliphatic hydroxyl groups excluding tert-OH is 1. The van der Waals surface area contributed by atoms with Crippen molar-refractivity contribution in [3.05, 3.63) is 0 Å². The van der Waals surface area contributed by atoms with Crippen LogP contribution in [-0.4, -0.2) is 11.2 Å². The van der Waals surface area contributed by atoms with Crippen LogP contribution in [0.3, 0.4) is 0 Å². The summed E-state index contributed by atoms with van der Waals surface area (Å²) in [4.78, 5) is 0. The molecule has 56 valence electrons. The molecule has 0 amide bonds. The van der Waals surface area contributed by atoms with Gasteiger partial charge >= 0.3 is 0 Å². The standard InChI is InChI=1S/C9H14O/c10-9-4-5-3-8(9)7-2-1-6(5)7/h5-10H,1-4H2. The Morgan fingerprint density at radius 3 is 2.20 bits per heavy atom. The van der Waals surface area contributed by atoms with Crippen molar-refractivity contribution < 1.29 is 5.11 Å². The number of hydrogen-bond acceptors (Lipinski definition) is 1. The Balaban J connectivity index is 1.91. The summed E-state index contributed by atoms with van der Waals surface area (Å²) in [6.45, 7) is 0. The zero-order valence-electron chi connectivity index (χ0n) is 6.16. The van der Waals surface area contributed by atoms with Crippen molar-refractivity contribution in [2.45, 2.75) is 31.8 Å². The van der Waals surface area contributed by atoms with Gasteiger partial charge in [-0.1, -0.05) is 0 Å². The normalized spacial score (nSPS) is 63.9. The smallest absolute Gasteiger partial charge is 0.0574 e. The van der Waals surface area contributed by atoms with Gasteiger partial charge in [-0.2, -0.15) is 0 Å². The summed E-state index contributed by atoms with van der Waals surface area (Å²) < 4.78 is 0. The van der Waals surface area contributed by atoms with E-state index in [9.17, 15) is 5.11 Å². The van der Waals surface area contributed by atoms with Crippen LogP contribution >= 0.6 is 0 Å². The molecule has 5 atom stereocenters. The molecule has 3 fully saturated rings. The van der Waals surface area contributed by atoms with Gasteiger partial charge in [0.2, 0.25) is 0 Å². The van der Waals surface area contributed by atoms with Crippen molar-refractivity contribution >= 4 is 0 Å². The molecule has 3 rings (SSSR count). The Hall–Kier alpha value is -0.0400. The lowest BCUT2D eigenvalue weighted by Gasteiger charge is -2.41. The molecule has 3 aliphatic rings. The molecule has 1 heteroatoms. The third-order valence-corrected chi connectivity index (χ3v) is 4.15. The van der Waals surface area contributed by atoms with Crippen LogP contribution in [0.4, 0.5) is 0 Å². The van der Waals surface area contributed by atoms with Crippen molar-refractivity contribution in [1.82, 2.24) is 0 Å². The van der Waals surface area contributed by atoms with Crippen LogP contribution in [-0.2, 0) is 0 Å². The summed E-state index contributed by atoms with van der Waals surface area (Å²) in [7, 11) is 0. The maximum Gasteiger partial charge on any atom is 0.0574 e. The van der Waals surface area contributed by atoms with E-state index in [0.29, 0.717) is 0 Å². The molecule has 5 unspecified atom stereocenters. The molecule has 2 bridgehead atoms. The van der Waals surface area contributed by atoms with Gasteiger partial charge in [-0.3, -0.25) is 0 Å². The minimum Gasteiger partial charge on any atom is -0.393 e. The topological polar surface area (TPSA) is 20.2 Å². The SMILES string of the molecule is OC1CC2CC1C1CCC21. The summed E-state index contributed by atoms with van der Waals surface area (Å²) in [5.74, 6) is 3.66. The third kappa shape index (κ3) is 0.460. The lowest BCUT2D eigenvalue weighted by Crippen LogP contribution is -2.37. The van der Waals surface area contributed by atoms with Crippen molar-refractivity contribution in [3.63, 3.8) is 0 Å². The Morgan fingerprint density at radius 1 is 0.900 bits per heavy atom. The van der Waals surface area contributed by atoms with E-state index in [4.69, 9.17) is 0 Å². The number of rotatable bonds is 0. The second-order valence-electron chi connectivity index (χ2n) is 4.37. The first-order chi connectivity index (χ1) is 4.86. The average molecular weight is 138 g/mol. The van der Waals surface area contributed by atoms with Crippen LogP contribution in [0.2, 0.25) is 0 Å². The Labute approximate surface area is 61.4 Å². The van der Waals surface area contributed by atoms with Crippen molar-refractivity contribution in [3.8, 4) is 0 Å². The summed E-state index contributed by atoms with van der Waals surface area (Å²) in [5, 5.41) is 9.54. The Bertz CT molecular complexity index is 164. The van der Waals surface area contributed by atoms with Crippen LogP contribution in [0, 0.1) is 23.7 Å². The number of aliphatic hydroxyl groups is 1. The lowest BCUT2D eigenvalue weighted by atomic mass is 9.65. The fourth-order valence-electron chi connectivity index (χ4n) is 3.57. The zero-order valence-corrected chi connectivity index (χ0v) is 6.16. The van der Waals surface area contributed by atoms with Crippen LogP contribution in [0.25, 0.3) is 0 Å². The Kier molecular flexibility index (Phi) is 0.883. The van der Waals surface area contributed by atoms with Gasteiger partial charge in [0.25, 0.3) is 0 Å². The van der Waals surface area contributed by atoms with Gasteiger partial charge in [0.05, 0.1) is 6.10 Å². The highest BCUT2D eigenvalue weighted by Crippen LogP contribution is 2.60. The minimum absolute atomic E-state index is 0.0894. The second kappa shape index (κ2) is 1.58. The van der Waals surface area contributed by atoms with Crippen LogP contribution in [0.5, 0.6) is 0 Å². The van der Waals surface area contributed by atoms with E-state index in [0.717, 1.165) is 30.1 Å². The molecule has 0 aromatic heterocycles. The maximum atomic E-state index is 9.54. The average Bonchev–Trinajstić information content (AvgIpc) is 2.17. The van der Waals surface area contributed by atoms with Gasteiger partial charge < -0.3 is 5.11 Å². The monoisotopic (exact) mass is 138 g/mol. The lowest BCUT2D eigenvalue weighted by molar-refractivity contribution is 0.00479. The third-order valence-electron chi connectivity index (χ3n) is 4.15. The summed E-state index contributed by atoms with van der Waals surface area (Å²) in [5.41, 5.74) is 0. The van der Waals surface area contributed by atoms with Crippen molar-refractivity contribution in [2.75, 3.05) is 0 Å². The van der Waals surface area contributed by atoms with Gasteiger partial charge in [-0.25, -0.2) is 0 Å². The highest BCUT2D eigenvalue weighted by molar-refractivity contribution is 5.05. The fraction of sp³-hybridized carbons (Fsp3) is 1.00. The quantitative estimate of drug-likeness (QED) is 0.536. The van der Waals surface area contributed by atoms with E-state index in [1.165, 1.54) is 19.3 Å². The van der Waals surface area contributed by atoms with Crippen LogP contribution in [0.15, 0.2) is 0 Å². The first-order valence-corrected chi connectivity index (χ1v) is 4.54. The first-order valence-electron chi connectivity index (χ1n) is 4.54. The maximum absolute atomic E-state index is 9.54. The molecule has 0 aliphatic heterocycles. The zero-order chi connectivity index (χ0) is 6.72. The minimum atomic E-state index is 0.0894. The highest BCUT2D eigenvalue weighted by Gasteiger charge is 2.55. The molecular formula is C9H14O. The number of fused-ring (bicyclic) bond motifs is 5. The fourth-order valence-corrected chi connectivity index (χ4v) is 3.57. The molecular weight excluding hydrogens is 124 g/mol. The molecule has 0 aromatic rings. The molecule has 3 saturated carbocycles. The van der Waals surface area contributed by atoms with E-state index < -0.39 is 0 Å². The summed E-state index contributed by atoms with van der Waals surface area (Å²) in [6.07, 6.45) is 5.47. The summed E-state index contributed by atoms with van der Waals surface area (Å²) in [6, 6.07) is 0. The highest BCUT2D eigenvalue weighted by atomic mass is 16.3. The predicted octanol–water partition coefficient (Wildman–Crippen LogP) is 1.41. The molecule has 0 radical (unpaired) electrons. The predicted molar refractivity (Wildman–Crippen MR) is 38.4 cm³/mol. The van der Waals surface area contributed by atoms with Gasteiger partial charge in [-0.05, 0) is 49.4 Å². The molecule has 0 saturated heterocycles. The molecule has 0 spiro atoms. The van der Waals surface area contributed by atoms with E-state index >= 15 is 0 Å². The molecule has 0 heterocycles. The Morgan fingerprint density at radius 2 is 1.70 bits per heavy atom. The van der Waals surface area contributed by atoms with Crippen molar-refractivity contribution in [2.24, 2.45) is 23.7 Å². The van der Waals surface area contributed by atoms with Crippen molar-refractivity contribution in [1.29, 1.82) is 0 Å². The van der Waals surface area contributed by atoms with Crippen LogP contribution < -0.4 is 0 Å². The van der Waals surface area contributed by atoms with E-state index in [1.54, 1.807) is 0 Å². The second-order valence-corrected chi connectivity index (χ2v) is 4.37. The van der Waals surface area contributed by atoms with Gasteiger partial charge in [0, 0.05) is 0 Å². The summed E-state index contributed by atoms with van der Waals surface area (Å²) >= 11 is 0. The van der Waals surface area contributed by atoms with Crippen LogP contribution in [0.1, 0.15) is 25.7 Å². The van der Waals surface area contributed by atoms with E-state index in [2.05, 4.69) is 0 Å². The van der Waals surface area contributed by atoms with E-state index in [-0.39, 0.29) is 6.10 Å². The largest absolute Gasteiger partial charge is 0.393 e. The van der Waals surface area contributed by atoms with Gasteiger partial charge in [-0.15, -0.1) is 0 Å². The number of hydrogen-bond donors (Lipinski definition) is 1.